The van der Waals surface area contributed by atoms with Crippen LogP contribution in [0.1, 0.15) is 30.0 Å². The number of carbonyl (C=O) groups excluding carboxylic acids is 3. The van der Waals surface area contributed by atoms with Crippen LogP contribution < -0.4 is 10.6 Å². The normalized spacial score (nSPS) is 16.9. The first-order valence-corrected chi connectivity index (χ1v) is 10.7. The number of H-pyrrole nitrogens is 1. The summed E-state index contributed by atoms with van der Waals surface area (Å²) in [7, 11) is 0. The molecule has 3 aromatic rings. The van der Waals surface area contributed by atoms with Gasteiger partial charge in [-0.05, 0) is 30.0 Å². The lowest BCUT2D eigenvalue weighted by Crippen LogP contribution is -2.35. The lowest BCUT2D eigenvalue weighted by atomic mass is 10.1. The van der Waals surface area contributed by atoms with E-state index in [1.54, 1.807) is 0 Å². The highest BCUT2D eigenvalue weighted by Gasteiger charge is 2.37. The molecule has 0 aliphatic carbocycles. The third-order valence-electron chi connectivity index (χ3n) is 5.77. The number of hydrogen-bond acceptors (Lipinski definition) is 4. The smallest absolute Gasteiger partial charge is 0.324 e. The molecule has 8 heteroatoms. The number of benzene rings is 2. The molecule has 8 nitrogen and oxygen atoms in total. The number of para-hydroxylation sites is 1. The summed E-state index contributed by atoms with van der Waals surface area (Å²) in [6.07, 6.45) is 2.71. The molecule has 4 amide bonds. The van der Waals surface area contributed by atoms with Gasteiger partial charge in [0.25, 0.3) is 5.91 Å². The summed E-state index contributed by atoms with van der Waals surface area (Å²) in [5, 5.41) is 16.1. The molecule has 1 aliphatic heterocycles. The second-order valence-electron chi connectivity index (χ2n) is 7.85. The average Bonchev–Trinajstić information content (AvgIpc) is 3.35. The van der Waals surface area contributed by atoms with Gasteiger partial charge < -0.3 is 20.7 Å². The lowest BCUT2D eigenvalue weighted by Gasteiger charge is -2.17. The minimum Gasteiger partial charge on any atom is -0.394 e. The van der Waals surface area contributed by atoms with Gasteiger partial charge in [0.2, 0.25) is 5.91 Å². The maximum absolute atomic E-state index is 12.7. The number of hydrogen-bond donors (Lipinski definition) is 4. The first kappa shape index (κ1) is 21.6. The molecule has 0 unspecified atom stereocenters. The van der Waals surface area contributed by atoms with Crippen molar-refractivity contribution in [1.29, 1.82) is 0 Å². The molecule has 0 saturated carbocycles. The third kappa shape index (κ3) is 4.65. The Kier molecular flexibility index (Phi) is 6.51. The van der Waals surface area contributed by atoms with Gasteiger partial charge in [-0.2, -0.15) is 0 Å². The highest BCUT2D eigenvalue weighted by atomic mass is 16.3. The van der Waals surface area contributed by atoms with Gasteiger partial charge in [-0.15, -0.1) is 0 Å². The van der Waals surface area contributed by atoms with Gasteiger partial charge in [0.1, 0.15) is 6.04 Å². The second-order valence-corrected chi connectivity index (χ2v) is 7.85. The number of aromatic nitrogens is 1. The number of urea groups is 1. The Morgan fingerprint density at radius 2 is 1.84 bits per heavy atom. The van der Waals surface area contributed by atoms with E-state index in [0.717, 1.165) is 22.0 Å². The number of aliphatic hydroxyl groups is 1. The number of imide groups is 1. The van der Waals surface area contributed by atoms with E-state index in [9.17, 15) is 19.5 Å². The summed E-state index contributed by atoms with van der Waals surface area (Å²) in [5.74, 6) is -0.600. The number of rotatable bonds is 9. The van der Waals surface area contributed by atoms with E-state index in [1.165, 1.54) is 4.90 Å². The maximum atomic E-state index is 12.7. The summed E-state index contributed by atoms with van der Waals surface area (Å²) in [5.41, 5.74) is 2.86. The molecular weight excluding hydrogens is 408 g/mol. The van der Waals surface area contributed by atoms with Crippen LogP contribution >= 0.6 is 0 Å². The van der Waals surface area contributed by atoms with Crippen LogP contribution in [0.25, 0.3) is 10.9 Å². The van der Waals surface area contributed by atoms with Crippen LogP contribution in [0.2, 0.25) is 0 Å². The fraction of sp³-hybridized carbons (Fsp3) is 0.292. The van der Waals surface area contributed by atoms with Gasteiger partial charge in [0.15, 0.2) is 0 Å². The molecular formula is C24H26N4O4. The highest BCUT2D eigenvalue weighted by Crippen LogP contribution is 2.20. The highest BCUT2D eigenvalue weighted by molar-refractivity contribution is 6.04. The van der Waals surface area contributed by atoms with E-state index < -0.39 is 18.1 Å². The zero-order chi connectivity index (χ0) is 22.5. The van der Waals surface area contributed by atoms with Crippen molar-refractivity contribution >= 4 is 28.7 Å². The SMILES string of the molecule is O=C(CC[C@@H]1NC(=O)N(CCc2c[nH]c3ccccc23)C1=O)N[C@H](CO)c1ccccc1. The molecule has 4 rings (SSSR count). The lowest BCUT2D eigenvalue weighted by molar-refractivity contribution is -0.127. The van der Waals surface area contributed by atoms with Crippen molar-refractivity contribution in [3.05, 3.63) is 71.9 Å². The summed E-state index contributed by atoms with van der Waals surface area (Å²) >= 11 is 0. The van der Waals surface area contributed by atoms with Crippen LogP contribution in [0.15, 0.2) is 60.8 Å². The average molecular weight is 434 g/mol. The number of amides is 4. The van der Waals surface area contributed by atoms with Crippen molar-refractivity contribution in [1.82, 2.24) is 20.5 Å². The number of carbonyl (C=O) groups is 3. The minimum atomic E-state index is -0.722. The first-order valence-electron chi connectivity index (χ1n) is 10.7. The fourth-order valence-electron chi connectivity index (χ4n) is 4.02. The van der Waals surface area contributed by atoms with Gasteiger partial charge in [-0.3, -0.25) is 14.5 Å². The number of nitrogens with one attached hydrogen (secondary N) is 3. The van der Waals surface area contributed by atoms with Gasteiger partial charge >= 0.3 is 6.03 Å². The van der Waals surface area contributed by atoms with Gasteiger partial charge in [-0.1, -0.05) is 48.5 Å². The van der Waals surface area contributed by atoms with E-state index >= 15 is 0 Å². The number of aromatic amines is 1. The summed E-state index contributed by atoms with van der Waals surface area (Å²) in [4.78, 5) is 41.8. The molecule has 1 aromatic heterocycles. The number of aliphatic hydroxyl groups excluding tert-OH is 1. The largest absolute Gasteiger partial charge is 0.394 e. The van der Waals surface area contributed by atoms with Gasteiger partial charge in [0.05, 0.1) is 12.6 Å². The van der Waals surface area contributed by atoms with Gasteiger partial charge in [0, 0.05) is 30.1 Å². The van der Waals surface area contributed by atoms with Crippen molar-refractivity contribution in [2.45, 2.75) is 31.3 Å². The van der Waals surface area contributed by atoms with E-state index in [4.69, 9.17) is 0 Å². The maximum Gasteiger partial charge on any atom is 0.324 e. The second kappa shape index (κ2) is 9.65. The molecule has 0 bridgehead atoms. The van der Waals surface area contributed by atoms with Crippen molar-refractivity contribution in [2.24, 2.45) is 0 Å². The predicted molar refractivity (Wildman–Crippen MR) is 120 cm³/mol. The third-order valence-corrected chi connectivity index (χ3v) is 5.77. The molecule has 4 N–H and O–H groups in total. The molecule has 32 heavy (non-hydrogen) atoms. The Labute approximate surface area is 185 Å². The Bertz CT molecular complexity index is 1110. The predicted octanol–water partition coefficient (Wildman–Crippen LogP) is 2.26. The van der Waals surface area contributed by atoms with Gasteiger partial charge in [-0.25, -0.2) is 4.79 Å². The van der Waals surface area contributed by atoms with Crippen molar-refractivity contribution in [3.63, 3.8) is 0 Å². The summed E-state index contributed by atoms with van der Waals surface area (Å²) in [6, 6.07) is 15.4. The van der Waals surface area contributed by atoms with Crippen LogP contribution in [0.5, 0.6) is 0 Å². The van der Waals surface area contributed by atoms with Crippen LogP contribution in [-0.4, -0.2) is 52.0 Å². The van der Waals surface area contributed by atoms with E-state index in [-0.39, 0.29) is 37.8 Å². The van der Waals surface area contributed by atoms with Crippen molar-refractivity contribution in [2.75, 3.05) is 13.2 Å². The van der Waals surface area contributed by atoms with Crippen molar-refractivity contribution < 1.29 is 19.5 Å². The molecule has 1 saturated heterocycles. The fourth-order valence-corrected chi connectivity index (χ4v) is 4.02. The van der Waals surface area contributed by atoms with Crippen LogP contribution in [0.3, 0.4) is 0 Å². The summed E-state index contributed by atoms with van der Waals surface area (Å²) in [6.45, 7) is 0.0479. The molecule has 1 fully saturated rings. The molecule has 2 heterocycles. The molecule has 1 aliphatic rings. The molecule has 0 radical (unpaired) electrons. The zero-order valence-electron chi connectivity index (χ0n) is 17.6. The van der Waals surface area contributed by atoms with E-state index in [2.05, 4.69) is 15.6 Å². The Morgan fingerprint density at radius 1 is 1.09 bits per heavy atom. The molecule has 166 valence electrons. The topological polar surface area (TPSA) is 115 Å². The number of fused-ring (bicyclic) bond motifs is 1. The van der Waals surface area contributed by atoms with E-state index in [0.29, 0.717) is 6.42 Å². The minimum absolute atomic E-state index is 0.0658. The van der Waals surface area contributed by atoms with E-state index in [1.807, 2.05) is 60.8 Å². The summed E-state index contributed by atoms with van der Waals surface area (Å²) < 4.78 is 0. The Morgan fingerprint density at radius 3 is 2.62 bits per heavy atom. The Hall–Kier alpha value is -3.65. The quantitative estimate of drug-likeness (QED) is 0.387. The molecule has 0 spiro atoms. The molecule has 2 aromatic carbocycles. The molecule has 2 atom stereocenters. The number of nitrogens with zero attached hydrogens (tertiary/aromatic N) is 1. The van der Waals surface area contributed by atoms with Crippen molar-refractivity contribution in [3.8, 4) is 0 Å². The zero-order valence-corrected chi connectivity index (χ0v) is 17.6. The monoisotopic (exact) mass is 434 g/mol. The Balaban J connectivity index is 1.29. The first-order chi connectivity index (χ1) is 15.6. The van der Waals surface area contributed by atoms with Crippen LogP contribution in [-0.2, 0) is 16.0 Å². The van der Waals surface area contributed by atoms with Crippen LogP contribution in [0, 0.1) is 0 Å². The van der Waals surface area contributed by atoms with Crippen LogP contribution in [0.4, 0.5) is 4.79 Å². The standard InChI is InChI=1S/C24H26N4O4/c29-15-21(16-6-2-1-3-7-16)26-22(30)11-10-20-23(31)28(24(32)27-20)13-12-17-14-25-19-9-5-4-8-18(17)19/h1-9,14,20-21,25,29H,10-13,15H2,(H,26,30)(H,27,32)/t20-,21+/m0/s1.